The number of carbonyl (C=O) groups is 1. The monoisotopic (exact) mass is 287 g/mol. The molecule has 0 spiro atoms. The predicted octanol–water partition coefficient (Wildman–Crippen LogP) is 1.50. The van der Waals surface area contributed by atoms with E-state index in [1.165, 1.54) is 5.56 Å². The molecule has 2 aliphatic rings. The van der Waals surface area contributed by atoms with Crippen LogP contribution in [0, 0.1) is 5.92 Å². The number of benzene rings is 1. The van der Waals surface area contributed by atoms with Crippen LogP contribution in [-0.4, -0.2) is 55.5 Å². The highest BCUT2D eigenvalue weighted by Gasteiger charge is 2.31. The third-order valence-corrected chi connectivity index (χ3v) is 4.71. The molecule has 2 heterocycles. The fourth-order valence-electron chi connectivity index (χ4n) is 3.43. The van der Waals surface area contributed by atoms with Crippen LogP contribution in [0.5, 0.6) is 0 Å². The molecule has 0 aliphatic carbocycles. The van der Waals surface area contributed by atoms with Gasteiger partial charge < -0.3 is 15.1 Å². The SMILES string of the molecule is CN1CCN(C(=O)CC2CCNC2)C(c2ccccc2)C1. The van der Waals surface area contributed by atoms with Crippen LogP contribution in [0.4, 0.5) is 0 Å². The van der Waals surface area contributed by atoms with Crippen molar-refractivity contribution in [1.82, 2.24) is 15.1 Å². The third-order valence-electron chi connectivity index (χ3n) is 4.71. The summed E-state index contributed by atoms with van der Waals surface area (Å²) in [5.41, 5.74) is 1.25. The van der Waals surface area contributed by atoms with Gasteiger partial charge in [0.1, 0.15) is 0 Å². The highest BCUT2D eigenvalue weighted by atomic mass is 16.2. The molecule has 2 unspecified atom stereocenters. The Morgan fingerprint density at radius 1 is 1.29 bits per heavy atom. The number of hydrogen-bond acceptors (Lipinski definition) is 3. The van der Waals surface area contributed by atoms with E-state index in [-0.39, 0.29) is 6.04 Å². The van der Waals surface area contributed by atoms with Gasteiger partial charge in [-0.3, -0.25) is 4.79 Å². The summed E-state index contributed by atoms with van der Waals surface area (Å²) < 4.78 is 0. The summed E-state index contributed by atoms with van der Waals surface area (Å²) in [5, 5.41) is 3.35. The van der Waals surface area contributed by atoms with Crippen LogP contribution < -0.4 is 5.32 Å². The molecule has 1 amide bonds. The normalized spacial score (nSPS) is 27.0. The van der Waals surface area contributed by atoms with E-state index in [2.05, 4.69) is 46.4 Å². The zero-order valence-corrected chi connectivity index (χ0v) is 12.8. The molecule has 2 atom stereocenters. The zero-order chi connectivity index (χ0) is 14.7. The van der Waals surface area contributed by atoms with Crippen molar-refractivity contribution in [2.24, 2.45) is 5.92 Å². The van der Waals surface area contributed by atoms with E-state index in [0.717, 1.165) is 39.1 Å². The molecule has 0 radical (unpaired) electrons. The summed E-state index contributed by atoms with van der Waals surface area (Å²) in [7, 11) is 2.14. The second-order valence-corrected chi connectivity index (χ2v) is 6.34. The Bertz CT molecular complexity index is 470. The summed E-state index contributed by atoms with van der Waals surface area (Å²) in [5.74, 6) is 0.847. The summed E-state index contributed by atoms with van der Waals surface area (Å²) in [6.07, 6.45) is 1.83. The lowest BCUT2D eigenvalue weighted by Gasteiger charge is -2.40. The van der Waals surface area contributed by atoms with Gasteiger partial charge in [-0.2, -0.15) is 0 Å². The molecule has 1 aromatic rings. The van der Waals surface area contributed by atoms with Gasteiger partial charge in [0.2, 0.25) is 5.91 Å². The van der Waals surface area contributed by atoms with Gasteiger partial charge in [-0.25, -0.2) is 0 Å². The van der Waals surface area contributed by atoms with Gasteiger partial charge in [0.25, 0.3) is 0 Å². The van der Waals surface area contributed by atoms with Gasteiger partial charge in [0.05, 0.1) is 6.04 Å². The van der Waals surface area contributed by atoms with Crippen LogP contribution in [0.25, 0.3) is 0 Å². The molecule has 4 heteroatoms. The average Bonchev–Trinajstić information content (AvgIpc) is 3.01. The average molecular weight is 287 g/mol. The molecule has 2 fully saturated rings. The quantitative estimate of drug-likeness (QED) is 0.915. The van der Waals surface area contributed by atoms with Gasteiger partial charge in [-0.05, 0) is 38.0 Å². The van der Waals surface area contributed by atoms with Crippen LogP contribution in [0.1, 0.15) is 24.4 Å². The van der Waals surface area contributed by atoms with Crippen LogP contribution in [0.15, 0.2) is 30.3 Å². The molecule has 0 bridgehead atoms. The van der Waals surface area contributed by atoms with E-state index < -0.39 is 0 Å². The summed E-state index contributed by atoms with van der Waals surface area (Å²) >= 11 is 0. The Balaban J connectivity index is 1.72. The maximum absolute atomic E-state index is 12.7. The molecule has 2 saturated heterocycles. The molecule has 21 heavy (non-hydrogen) atoms. The fourth-order valence-corrected chi connectivity index (χ4v) is 3.43. The van der Waals surface area contributed by atoms with Crippen LogP contribution in [0.3, 0.4) is 0 Å². The van der Waals surface area contributed by atoms with Gasteiger partial charge in [0, 0.05) is 26.1 Å². The second-order valence-electron chi connectivity index (χ2n) is 6.34. The Labute approximate surface area is 127 Å². The van der Waals surface area contributed by atoms with Crippen molar-refractivity contribution in [3.8, 4) is 0 Å². The molecule has 1 aromatic carbocycles. The molecule has 3 rings (SSSR count). The molecule has 2 aliphatic heterocycles. The number of piperazine rings is 1. The van der Waals surface area contributed by atoms with Gasteiger partial charge >= 0.3 is 0 Å². The van der Waals surface area contributed by atoms with E-state index in [1.54, 1.807) is 0 Å². The predicted molar refractivity (Wildman–Crippen MR) is 84.0 cm³/mol. The number of nitrogens with one attached hydrogen (secondary N) is 1. The number of carbonyl (C=O) groups excluding carboxylic acids is 1. The molecule has 0 aromatic heterocycles. The van der Waals surface area contributed by atoms with E-state index in [4.69, 9.17) is 0 Å². The molecule has 114 valence electrons. The molecule has 1 N–H and O–H groups in total. The number of nitrogens with zero attached hydrogens (tertiary/aromatic N) is 2. The number of rotatable bonds is 3. The maximum Gasteiger partial charge on any atom is 0.223 e. The number of amides is 1. The first kappa shape index (κ1) is 14.5. The first-order valence-electron chi connectivity index (χ1n) is 7.97. The minimum Gasteiger partial charge on any atom is -0.333 e. The highest BCUT2D eigenvalue weighted by Crippen LogP contribution is 2.27. The molecule has 0 saturated carbocycles. The van der Waals surface area contributed by atoms with E-state index in [0.29, 0.717) is 18.2 Å². The smallest absolute Gasteiger partial charge is 0.223 e. The Morgan fingerprint density at radius 2 is 2.10 bits per heavy atom. The van der Waals surface area contributed by atoms with Crippen molar-refractivity contribution >= 4 is 5.91 Å². The van der Waals surface area contributed by atoms with E-state index in [1.807, 2.05) is 6.07 Å². The van der Waals surface area contributed by atoms with Crippen molar-refractivity contribution in [2.75, 3.05) is 39.8 Å². The summed E-state index contributed by atoms with van der Waals surface area (Å²) in [4.78, 5) is 17.1. The lowest BCUT2D eigenvalue weighted by atomic mass is 9.99. The van der Waals surface area contributed by atoms with Crippen LogP contribution in [0.2, 0.25) is 0 Å². The van der Waals surface area contributed by atoms with Crippen molar-refractivity contribution in [3.63, 3.8) is 0 Å². The molecular formula is C17H25N3O. The minimum atomic E-state index is 0.201. The molecular weight excluding hydrogens is 262 g/mol. The van der Waals surface area contributed by atoms with E-state index >= 15 is 0 Å². The van der Waals surface area contributed by atoms with Gasteiger partial charge in [-0.15, -0.1) is 0 Å². The van der Waals surface area contributed by atoms with Crippen molar-refractivity contribution < 1.29 is 4.79 Å². The maximum atomic E-state index is 12.7. The third kappa shape index (κ3) is 3.44. The van der Waals surface area contributed by atoms with Crippen LogP contribution >= 0.6 is 0 Å². The minimum absolute atomic E-state index is 0.201. The zero-order valence-electron chi connectivity index (χ0n) is 12.8. The van der Waals surface area contributed by atoms with E-state index in [9.17, 15) is 4.79 Å². The Kier molecular flexibility index (Phi) is 4.56. The standard InChI is InChI=1S/C17H25N3O/c1-19-9-10-20(17(21)11-14-7-8-18-12-14)16(13-19)15-5-3-2-4-6-15/h2-6,14,16,18H,7-13H2,1H3. The second kappa shape index (κ2) is 6.58. The first-order chi connectivity index (χ1) is 10.2. The lowest BCUT2D eigenvalue weighted by Crippen LogP contribution is -2.49. The summed E-state index contributed by atoms with van der Waals surface area (Å²) in [6.45, 7) is 4.80. The topological polar surface area (TPSA) is 35.6 Å². The van der Waals surface area contributed by atoms with Gasteiger partial charge in [0.15, 0.2) is 0 Å². The Morgan fingerprint density at radius 3 is 2.81 bits per heavy atom. The van der Waals surface area contributed by atoms with Crippen molar-refractivity contribution in [3.05, 3.63) is 35.9 Å². The van der Waals surface area contributed by atoms with Crippen molar-refractivity contribution in [2.45, 2.75) is 18.9 Å². The number of hydrogen-bond donors (Lipinski definition) is 1. The fraction of sp³-hybridized carbons (Fsp3) is 0.588. The largest absolute Gasteiger partial charge is 0.333 e. The number of likely N-dealkylation sites (N-methyl/N-ethyl adjacent to an activating group) is 1. The van der Waals surface area contributed by atoms with Gasteiger partial charge in [-0.1, -0.05) is 30.3 Å². The van der Waals surface area contributed by atoms with Crippen LogP contribution in [-0.2, 0) is 4.79 Å². The molecule has 4 nitrogen and oxygen atoms in total. The highest BCUT2D eigenvalue weighted by molar-refractivity contribution is 5.77. The first-order valence-corrected chi connectivity index (χ1v) is 7.97. The Hall–Kier alpha value is -1.39. The lowest BCUT2D eigenvalue weighted by molar-refractivity contribution is -0.137. The summed E-state index contributed by atoms with van der Waals surface area (Å²) in [6, 6.07) is 10.6. The van der Waals surface area contributed by atoms with Crippen molar-refractivity contribution in [1.29, 1.82) is 0 Å².